The quantitative estimate of drug-likeness (QED) is 0.867. The molecule has 5 nitrogen and oxygen atoms in total. The fraction of sp³-hybridized carbons (Fsp3) is 0.375. The number of halogens is 1. The van der Waals surface area contributed by atoms with Gasteiger partial charge in [0.1, 0.15) is 17.9 Å². The number of likely N-dealkylation sites (tertiary alicyclic amines) is 1. The third-order valence-electron chi connectivity index (χ3n) is 4.41. The molecule has 0 aromatic heterocycles. The van der Waals surface area contributed by atoms with E-state index in [0.717, 1.165) is 11.3 Å². The molecular weight excluding hydrogens is 304 g/mol. The molecular formula is C16H17ClN2O3. The normalized spacial score (nSPS) is 25.7. The van der Waals surface area contributed by atoms with E-state index >= 15 is 0 Å². The van der Waals surface area contributed by atoms with Crippen LogP contribution >= 0.6 is 11.6 Å². The second-order valence-electron chi connectivity index (χ2n) is 5.74. The molecule has 0 spiro atoms. The molecule has 0 aliphatic carbocycles. The topological polar surface area (TPSA) is 58.6 Å². The molecule has 22 heavy (non-hydrogen) atoms. The summed E-state index contributed by atoms with van der Waals surface area (Å²) >= 11 is 6.00. The van der Waals surface area contributed by atoms with Crippen LogP contribution in [-0.2, 0) is 9.59 Å². The van der Waals surface area contributed by atoms with Crippen molar-refractivity contribution in [1.82, 2.24) is 10.2 Å². The summed E-state index contributed by atoms with van der Waals surface area (Å²) in [5.41, 5.74) is 0.0393. The maximum absolute atomic E-state index is 12.6. The smallest absolute Gasteiger partial charge is 0.246 e. The fourth-order valence-electron chi connectivity index (χ4n) is 2.88. The maximum atomic E-state index is 12.6. The highest BCUT2D eigenvalue weighted by atomic mass is 35.5. The van der Waals surface area contributed by atoms with Crippen LogP contribution in [0.5, 0.6) is 5.75 Å². The summed E-state index contributed by atoms with van der Waals surface area (Å²) in [4.78, 5) is 25.9. The number of hydrogen-bond donors (Lipinski definition) is 1. The van der Waals surface area contributed by atoms with Crippen molar-refractivity contribution in [2.24, 2.45) is 0 Å². The standard InChI is InChI=1S/C16H17ClN2O3/c1-3-14(20)19-7-6-16(19,2)15(21)18-12-9-22-13-5-4-10(17)8-11(12)13/h3-5,8,12H,1,6-7,9H2,2H3,(H,18,21). The summed E-state index contributed by atoms with van der Waals surface area (Å²) < 4.78 is 5.56. The van der Waals surface area contributed by atoms with Gasteiger partial charge in [-0.1, -0.05) is 18.2 Å². The Morgan fingerprint density at radius 1 is 1.55 bits per heavy atom. The van der Waals surface area contributed by atoms with Crippen LogP contribution in [0.15, 0.2) is 30.9 Å². The lowest BCUT2D eigenvalue weighted by Gasteiger charge is -2.48. The molecule has 2 atom stereocenters. The van der Waals surface area contributed by atoms with E-state index in [1.54, 1.807) is 25.1 Å². The van der Waals surface area contributed by atoms with Gasteiger partial charge in [-0.25, -0.2) is 0 Å². The van der Waals surface area contributed by atoms with Gasteiger partial charge in [-0.05, 0) is 37.6 Å². The number of ether oxygens (including phenoxy) is 1. The average Bonchev–Trinajstić information content (AvgIpc) is 2.87. The number of carbonyl (C=O) groups excluding carboxylic acids is 2. The molecule has 2 unspecified atom stereocenters. The predicted octanol–water partition coefficient (Wildman–Crippen LogP) is 2.07. The Bertz CT molecular complexity index is 661. The molecule has 1 aromatic carbocycles. The number of amides is 2. The third-order valence-corrected chi connectivity index (χ3v) is 4.64. The second-order valence-corrected chi connectivity index (χ2v) is 6.17. The second kappa shape index (κ2) is 5.32. The summed E-state index contributed by atoms with van der Waals surface area (Å²) in [7, 11) is 0. The molecule has 0 radical (unpaired) electrons. The minimum absolute atomic E-state index is 0.185. The van der Waals surface area contributed by atoms with Gasteiger partial charge in [-0.15, -0.1) is 0 Å². The zero-order chi connectivity index (χ0) is 15.9. The molecule has 0 saturated carbocycles. The molecule has 1 aromatic rings. The van der Waals surface area contributed by atoms with Gasteiger partial charge in [0.05, 0.1) is 6.04 Å². The average molecular weight is 321 g/mol. The molecule has 6 heteroatoms. The van der Waals surface area contributed by atoms with Gasteiger partial charge in [-0.3, -0.25) is 9.59 Å². The number of hydrogen-bond acceptors (Lipinski definition) is 3. The van der Waals surface area contributed by atoms with Gasteiger partial charge in [0.2, 0.25) is 11.8 Å². The molecule has 1 saturated heterocycles. The van der Waals surface area contributed by atoms with Gasteiger partial charge in [0.25, 0.3) is 0 Å². The molecule has 0 bridgehead atoms. The predicted molar refractivity (Wildman–Crippen MR) is 82.8 cm³/mol. The number of fused-ring (bicyclic) bond motifs is 1. The van der Waals surface area contributed by atoms with Crippen LogP contribution in [0.3, 0.4) is 0 Å². The Morgan fingerprint density at radius 3 is 2.95 bits per heavy atom. The van der Waals surface area contributed by atoms with Crippen molar-refractivity contribution in [3.05, 3.63) is 41.4 Å². The van der Waals surface area contributed by atoms with Crippen LogP contribution in [-0.4, -0.2) is 35.4 Å². The minimum Gasteiger partial charge on any atom is -0.491 e. The Morgan fingerprint density at radius 2 is 2.32 bits per heavy atom. The van der Waals surface area contributed by atoms with E-state index in [9.17, 15) is 9.59 Å². The highest BCUT2D eigenvalue weighted by Gasteiger charge is 2.49. The van der Waals surface area contributed by atoms with Crippen molar-refractivity contribution in [2.45, 2.75) is 24.9 Å². The van der Waals surface area contributed by atoms with Crippen LogP contribution in [0.25, 0.3) is 0 Å². The molecule has 2 aliphatic rings. The van der Waals surface area contributed by atoms with Crippen LogP contribution < -0.4 is 10.1 Å². The fourth-order valence-corrected chi connectivity index (χ4v) is 3.06. The summed E-state index contributed by atoms with van der Waals surface area (Å²) in [5, 5.41) is 3.56. The van der Waals surface area contributed by atoms with Gasteiger partial charge in [0, 0.05) is 17.1 Å². The SMILES string of the molecule is C=CC(=O)N1CCC1(C)C(=O)NC1COc2ccc(Cl)cc21. The highest BCUT2D eigenvalue weighted by Crippen LogP contribution is 2.36. The van der Waals surface area contributed by atoms with Crippen molar-refractivity contribution in [3.63, 3.8) is 0 Å². The molecule has 3 rings (SSSR count). The van der Waals surface area contributed by atoms with Crippen molar-refractivity contribution in [1.29, 1.82) is 0 Å². The van der Waals surface area contributed by atoms with E-state index in [1.807, 2.05) is 0 Å². The zero-order valence-electron chi connectivity index (χ0n) is 12.3. The first-order valence-corrected chi connectivity index (χ1v) is 7.51. The summed E-state index contributed by atoms with van der Waals surface area (Å²) in [6.45, 7) is 6.18. The van der Waals surface area contributed by atoms with Crippen LogP contribution in [0, 0.1) is 0 Å². The lowest BCUT2D eigenvalue weighted by atomic mass is 9.85. The summed E-state index contributed by atoms with van der Waals surface area (Å²) in [6.07, 6.45) is 1.87. The first-order valence-electron chi connectivity index (χ1n) is 7.13. The lowest BCUT2D eigenvalue weighted by Crippen LogP contribution is -2.67. The largest absolute Gasteiger partial charge is 0.491 e. The Hall–Kier alpha value is -2.01. The van der Waals surface area contributed by atoms with Crippen molar-refractivity contribution in [2.75, 3.05) is 13.2 Å². The Labute approximate surface area is 133 Å². The lowest BCUT2D eigenvalue weighted by molar-refractivity contribution is -0.154. The van der Waals surface area contributed by atoms with Crippen LogP contribution in [0.2, 0.25) is 5.02 Å². The van der Waals surface area contributed by atoms with Gasteiger partial charge >= 0.3 is 0 Å². The van der Waals surface area contributed by atoms with Gasteiger partial charge in [0.15, 0.2) is 0 Å². The van der Waals surface area contributed by atoms with Gasteiger partial charge in [-0.2, -0.15) is 0 Å². The Balaban J connectivity index is 1.75. The molecule has 1 fully saturated rings. The van der Waals surface area contributed by atoms with E-state index in [-0.39, 0.29) is 17.9 Å². The number of nitrogens with zero attached hydrogens (tertiary/aromatic N) is 1. The van der Waals surface area contributed by atoms with E-state index in [2.05, 4.69) is 11.9 Å². The van der Waals surface area contributed by atoms with Crippen LogP contribution in [0.1, 0.15) is 24.9 Å². The zero-order valence-corrected chi connectivity index (χ0v) is 13.0. The minimum atomic E-state index is -0.827. The molecule has 116 valence electrons. The van der Waals surface area contributed by atoms with E-state index < -0.39 is 5.54 Å². The summed E-state index contributed by atoms with van der Waals surface area (Å²) in [6, 6.07) is 5.09. The number of nitrogens with one attached hydrogen (secondary N) is 1. The maximum Gasteiger partial charge on any atom is 0.246 e. The monoisotopic (exact) mass is 320 g/mol. The molecule has 1 N–H and O–H groups in total. The third kappa shape index (κ3) is 2.25. The Kier molecular flexibility index (Phi) is 3.60. The number of rotatable bonds is 3. The molecule has 2 heterocycles. The summed E-state index contributed by atoms with van der Waals surface area (Å²) in [5.74, 6) is 0.317. The van der Waals surface area contributed by atoms with Crippen molar-refractivity contribution >= 4 is 23.4 Å². The first-order chi connectivity index (χ1) is 10.5. The molecule has 2 aliphatic heterocycles. The number of benzene rings is 1. The number of carbonyl (C=O) groups is 2. The highest BCUT2D eigenvalue weighted by molar-refractivity contribution is 6.30. The van der Waals surface area contributed by atoms with Crippen molar-refractivity contribution < 1.29 is 14.3 Å². The van der Waals surface area contributed by atoms with E-state index in [4.69, 9.17) is 16.3 Å². The van der Waals surface area contributed by atoms with Crippen molar-refractivity contribution in [3.8, 4) is 5.75 Å². The van der Waals surface area contributed by atoms with Gasteiger partial charge < -0.3 is 15.0 Å². The van der Waals surface area contributed by atoms with Crippen LogP contribution in [0.4, 0.5) is 0 Å². The first kappa shape index (κ1) is 14.9. The van der Waals surface area contributed by atoms with E-state index in [0.29, 0.717) is 24.6 Å². The van der Waals surface area contributed by atoms with E-state index in [1.165, 1.54) is 11.0 Å². The molecule has 2 amide bonds.